The molecule has 0 radical (unpaired) electrons. The van der Waals surface area contributed by atoms with Gasteiger partial charge in [-0.25, -0.2) is 8.42 Å². The minimum Gasteiger partial charge on any atom is -0.350 e. The van der Waals surface area contributed by atoms with Crippen LogP contribution in [0.4, 0.5) is 5.69 Å². The van der Waals surface area contributed by atoms with E-state index in [1.807, 2.05) is 32.0 Å². The predicted molar refractivity (Wildman–Crippen MR) is 102 cm³/mol. The Labute approximate surface area is 153 Å². The average Bonchev–Trinajstić information content (AvgIpc) is 2.52. The minimum atomic E-state index is -3.47. The second kappa shape index (κ2) is 7.89. The Bertz CT molecular complexity index is 844. The van der Waals surface area contributed by atoms with Crippen LogP contribution in [0.25, 0.3) is 0 Å². The average molecular weight is 381 g/mol. The van der Waals surface area contributed by atoms with E-state index in [1.165, 1.54) is 10.6 Å². The largest absolute Gasteiger partial charge is 0.350 e. The highest BCUT2D eigenvalue weighted by Gasteiger charge is 2.21. The van der Waals surface area contributed by atoms with E-state index >= 15 is 0 Å². The highest BCUT2D eigenvalue weighted by Crippen LogP contribution is 2.26. The lowest BCUT2D eigenvalue weighted by Crippen LogP contribution is -2.38. The molecule has 0 aliphatic heterocycles. The highest BCUT2D eigenvalue weighted by atomic mass is 35.5. The summed E-state index contributed by atoms with van der Waals surface area (Å²) in [5.41, 5.74) is 2.87. The zero-order valence-corrected chi connectivity index (χ0v) is 16.0. The number of carbonyl (C=O) groups excluding carboxylic acids is 1. The van der Waals surface area contributed by atoms with Gasteiger partial charge in [0.05, 0.1) is 18.5 Å². The van der Waals surface area contributed by atoms with Crippen LogP contribution in [0.15, 0.2) is 42.5 Å². The Hall–Kier alpha value is -2.05. The molecule has 0 heterocycles. The molecule has 0 fully saturated rings. The van der Waals surface area contributed by atoms with Crippen LogP contribution in [0.2, 0.25) is 5.02 Å². The van der Waals surface area contributed by atoms with E-state index in [9.17, 15) is 13.2 Å². The van der Waals surface area contributed by atoms with Gasteiger partial charge in [-0.1, -0.05) is 29.8 Å². The van der Waals surface area contributed by atoms with Gasteiger partial charge in [0, 0.05) is 17.1 Å². The van der Waals surface area contributed by atoms with E-state index in [2.05, 4.69) is 5.32 Å². The third-order valence-corrected chi connectivity index (χ3v) is 5.21. The SMILES string of the molecule is Cc1cccc(C)c1N(CCNC(=O)c1ccc(Cl)cc1)S(C)(=O)=O. The van der Waals surface area contributed by atoms with Crippen LogP contribution in [0.5, 0.6) is 0 Å². The maximum atomic E-state index is 12.2. The summed E-state index contributed by atoms with van der Waals surface area (Å²) in [6.07, 6.45) is 1.17. The first-order valence-electron chi connectivity index (χ1n) is 7.78. The maximum Gasteiger partial charge on any atom is 0.251 e. The van der Waals surface area contributed by atoms with Gasteiger partial charge in [-0.2, -0.15) is 0 Å². The summed E-state index contributed by atoms with van der Waals surface area (Å²) in [6.45, 7) is 4.09. The van der Waals surface area contributed by atoms with Crippen molar-refractivity contribution in [2.75, 3.05) is 23.7 Å². The number of aryl methyl sites for hydroxylation is 2. The summed E-state index contributed by atoms with van der Waals surface area (Å²) < 4.78 is 25.8. The van der Waals surface area contributed by atoms with Crippen LogP contribution in [-0.4, -0.2) is 33.7 Å². The van der Waals surface area contributed by atoms with Gasteiger partial charge in [0.25, 0.3) is 5.91 Å². The van der Waals surface area contributed by atoms with Gasteiger partial charge in [0.1, 0.15) is 0 Å². The van der Waals surface area contributed by atoms with E-state index in [0.717, 1.165) is 11.1 Å². The summed E-state index contributed by atoms with van der Waals surface area (Å²) in [6, 6.07) is 12.1. The fourth-order valence-corrected chi connectivity index (χ4v) is 3.79. The second-order valence-corrected chi connectivity index (χ2v) is 8.18. The smallest absolute Gasteiger partial charge is 0.251 e. The standard InChI is InChI=1S/C18H21ClN2O3S/c1-13-5-4-6-14(2)17(13)21(25(3,23)24)12-11-20-18(22)15-7-9-16(19)10-8-15/h4-10H,11-12H2,1-3H3,(H,20,22). The molecule has 1 amide bonds. The molecule has 0 unspecified atom stereocenters. The molecule has 0 spiro atoms. The van der Waals surface area contributed by atoms with Crippen LogP contribution >= 0.6 is 11.6 Å². The van der Waals surface area contributed by atoms with E-state index in [4.69, 9.17) is 11.6 Å². The van der Waals surface area contributed by atoms with Crippen molar-refractivity contribution < 1.29 is 13.2 Å². The number of nitrogens with one attached hydrogen (secondary N) is 1. The zero-order chi connectivity index (χ0) is 18.6. The van der Waals surface area contributed by atoms with Gasteiger partial charge in [0.15, 0.2) is 0 Å². The lowest BCUT2D eigenvalue weighted by atomic mass is 10.1. The van der Waals surface area contributed by atoms with E-state index < -0.39 is 10.0 Å². The van der Waals surface area contributed by atoms with Crippen molar-refractivity contribution in [1.82, 2.24) is 5.32 Å². The third-order valence-electron chi connectivity index (χ3n) is 3.80. The Morgan fingerprint density at radius 3 is 2.16 bits per heavy atom. The lowest BCUT2D eigenvalue weighted by molar-refractivity contribution is 0.0955. The molecule has 0 atom stereocenters. The molecule has 0 aliphatic rings. The van der Waals surface area contributed by atoms with E-state index in [-0.39, 0.29) is 19.0 Å². The summed E-state index contributed by atoms with van der Waals surface area (Å²) in [5.74, 6) is -0.272. The summed E-state index contributed by atoms with van der Waals surface area (Å²) >= 11 is 5.80. The second-order valence-electron chi connectivity index (χ2n) is 5.84. The van der Waals surface area contributed by atoms with Crippen LogP contribution in [0.3, 0.4) is 0 Å². The number of amides is 1. The van der Waals surface area contributed by atoms with Crippen LogP contribution < -0.4 is 9.62 Å². The van der Waals surface area contributed by atoms with Crippen molar-refractivity contribution in [1.29, 1.82) is 0 Å². The molecule has 0 saturated carbocycles. The summed E-state index contributed by atoms with van der Waals surface area (Å²) in [5, 5.41) is 3.29. The normalized spacial score (nSPS) is 11.2. The number of anilines is 1. The highest BCUT2D eigenvalue weighted by molar-refractivity contribution is 7.92. The monoisotopic (exact) mass is 380 g/mol. The molecule has 0 bridgehead atoms. The Kier molecular flexibility index (Phi) is 6.08. The fourth-order valence-electron chi connectivity index (χ4n) is 2.62. The number of nitrogens with zero attached hydrogens (tertiary/aromatic N) is 1. The molecule has 7 heteroatoms. The lowest BCUT2D eigenvalue weighted by Gasteiger charge is -2.26. The molecule has 1 N–H and O–H groups in total. The molecule has 134 valence electrons. The zero-order valence-electron chi connectivity index (χ0n) is 14.4. The number of halogens is 1. The molecule has 0 aliphatic carbocycles. The minimum absolute atomic E-state index is 0.157. The number of benzene rings is 2. The van der Waals surface area contributed by atoms with E-state index in [0.29, 0.717) is 16.3 Å². The van der Waals surface area contributed by atoms with Crippen molar-refractivity contribution >= 4 is 33.2 Å². The Balaban J connectivity index is 2.12. The number of hydrogen-bond acceptors (Lipinski definition) is 3. The van der Waals surface area contributed by atoms with E-state index in [1.54, 1.807) is 24.3 Å². The molecule has 2 rings (SSSR count). The van der Waals surface area contributed by atoms with Crippen molar-refractivity contribution in [3.05, 3.63) is 64.2 Å². The van der Waals surface area contributed by atoms with Crippen LogP contribution in [-0.2, 0) is 10.0 Å². The molecule has 25 heavy (non-hydrogen) atoms. The van der Waals surface area contributed by atoms with Crippen molar-refractivity contribution in [2.24, 2.45) is 0 Å². The van der Waals surface area contributed by atoms with Gasteiger partial charge in [-0.05, 0) is 49.2 Å². The van der Waals surface area contributed by atoms with Crippen molar-refractivity contribution in [3.8, 4) is 0 Å². The van der Waals surface area contributed by atoms with Crippen molar-refractivity contribution in [3.63, 3.8) is 0 Å². The molecule has 2 aromatic rings. The van der Waals surface area contributed by atoms with Crippen molar-refractivity contribution in [2.45, 2.75) is 13.8 Å². The Morgan fingerprint density at radius 1 is 1.08 bits per heavy atom. The number of sulfonamides is 1. The van der Waals surface area contributed by atoms with Gasteiger partial charge >= 0.3 is 0 Å². The first kappa shape index (κ1) is 19.3. The molecular weight excluding hydrogens is 360 g/mol. The predicted octanol–water partition coefficient (Wildman–Crippen LogP) is 3.15. The van der Waals surface area contributed by atoms with Gasteiger partial charge in [-0.15, -0.1) is 0 Å². The van der Waals surface area contributed by atoms with Crippen LogP contribution in [0.1, 0.15) is 21.5 Å². The number of rotatable bonds is 6. The molecule has 2 aromatic carbocycles. The first-order valence-corrected chi connectivity index (χ1v) is 10.0. The molecule has 0 aromatic heterocycles. The quantitative estimate of drug-likeness (QED) is 0.837. The first-order chi connectivity index (χ1) is 11.7. The van der Waals surface area contributed by atoms with Crippen LogP contribution in [0, 0.1) is 13.8 Å². The number of para-hydroxylation sites is 1. The number of carbonyl (C=O) groups is 1. The van der Waals surface area contributed by atoms with Gasteiger partial charge in [0.2, 0.25) is 10.0 Å². The van der Waals surface area contributed by atoms with Gasteiger partial charge < -0.3 is 5.32 Å². The summed E-state index contributed by atoms with van der Waals surface area (Å²) in [4.78, 5) is 12.1. The fraction of sp³-hybridized carbons (Fsp3) is 0.278. The van der Waals surface area contributed by atoms with Gasteiger partial charge in [-0.3, -0.25) is 9.10 Å². The number of hydrogen-bond donors (Lipinski definition) is 1. The third kappa shape index (κ3) is 4.96. The molecular formula is C18H21ClN2O3S. The Morgan fingerprint density at radius 2 is 1.64 bits per heavy atom. The summed E-state index contributed by atoms with van der Waals surface area (Å²) in [7, 11) is -3.47. The molecule has 5 nitrogen and oxygen atoms in total. The topological polar surface area (TPSA) is 66.5 Å². The maximum absolute atomic E-state index is 12.2. The molecule has 0 saturated heterocycles.